The van der Waals surface area contributed by atoms with E-state index in [1.807, 2.05) is 18.2 Å². The molecule has 1 nitrogen and oxygen atoms in total. The normalized spacial score (nSPS) is 10.4. The number of rotatable bonds is 1. The number of halogens is 4. The van der Waals surface area contributed by atoms with Gasteiger partial charge in [0, 0.05) is 0 Å². The molecule has 0 radical (unpaired) electrons. The average molecular weight is 810 g/mol. The predicted molar refractivity (Wildman–Crippen MR) is 157 cm³/mol. The van der Waals surface area contributed by atoms with Crippen molar-refractivity contribution in [3.8, 4) is 11.1 Å². The second-order valence-corrected chi connectivity index (χ2v) is 10.4. The van der Waals surface area contributed by atoms with Crippen LogP contribution >= 0.6 is 45.2 Å². The second-order valence-electron chi connectivity index (χ2n) is 8.10. The molecule has 36 heavy (non-hydrogen) atoms. The molecular weight excluding hydrogens is 792 g/mol. The Morgan fingerprint density at radius 3 is 2.11 bits per heavy atom. The van der Waals surface area contributed by atoms with Gasteiger partial charge in [0.2, 0.25) is 0 Å². The largest absolute Gasteiger partial charge is 4.00 e. The zero-order valence-electron chi connectivity index (χ0n) is 18.8. The number of hydrogen-bond acceptors (Lipinski definition) is 1. The third-order valence-electron chi connectivity index (χ3n) is 5.99. The molecule has 0 atom stereocenters. The van der Waals surface area contributed by atoms with Gasteiger partial charge < -0.3 is 29.2 Å². The first-order valence-corrected chi connectivity index (χ1v) is 12.9. The Morgan fingerprint density at radius 1 is 0.611 bits per heavy atom. The minimum atomic E-state index is 0. The summed E-state index contributed by atoms with van der Waals surface area (Å²) >= 11 is 4.76. The molecule has 7 aromatic rings. The van der Waals surface area contributed by atoms with E-state index in [1.165, 1.54) is 50.6 Å². The van der Waals surface area contributed by atoms with Gasteiger partial charge in [-0.05, 0) is 25.3 Å². The average Bonchev–Trinajstić information content (AvgIpc) is 3.49. The summed E-state index contributed by atoms with van der Waals surface area (Å²) in [5, 5.41) is 7.66. The van der Waals surface area contributed by atoms with Crippen molar-refractivity contribution in [1.82, 2.24) is 0 Å². The summed E-state index contributed by atoms with van der Waals surface area (Å²) in [6, 6.07) is 38.3. The van der Waals surface area contributed by atoms with E-state index in [-0.39, 0.29) is 51.0 Å². The zero-order chi connectivity index (χ0) is 22.4. The summed E-state index contributed by atoms with van der Waals surface area (Å²) in [6.07, 6.45) is 0. The molecule has 0 saturated carbocycles. The van der Waals surface area contributed by atoms with Gasteiger partial charge in [0.25, 0.3) is 0 Å². The van der Waals surface area contributed by atoms with Crippen LogP contribution in [0.3, 0.4) is 0 Å². The molecule has 0 fully saturated rings. The SMILES string of the molecule is Ic1ccc2oc3cccc(c3)c3cc2c1[cH-]3.Ic1cccc2cc(-c3ccccc3)[cH-]c12.[Cl-].[Cl-].[Zr+4]. The van der Waals surface area contributed by atoms with Gasteiger partial charge in [-0.2, -0.15) is 0 Å². The third kappa shape index (κ3) is 5.78. The Hall–Kier alpha value is -1.18. The van der Waals surface area contributed by atoms with Crippen LogP contribution in [-0.2, 0) is 26.2 Å². The van der Waals surface area contributed by atoms with Crippen molar-refractivity contribution in [1.29, 1.82) is 0 Å². The molecule has 6 heteroatoms. The predicted octanol–water partition coefficient (Wildman–Crippen LogP) is 3.90. The fraction of sp³-hybridized carbons (Fsp3) is 0. The zero-order valence-corrected chi connectivity index (χ0v) is 27.1. The molecule has 0 saturated heterocycles. The quantitative estimate of drug-likeness (QED) is 0.182. The van der Waals surface area contributed by atoms with E-state index >= 15 is 0 Å². The molecule has 1 aromatic heterocycles. The first-order chi connectivity index (χ1) is 16.2. The van der Waals surface area contributed by atoms with Crippen LogP contribution in [0.25, 0.3) is 54.6 Å². The Bertz CT molecular complexity index is 1750. The molecule has 0 unspecified atom stereocenters. The smallest absolute Gasteiger partial charge is 1.00 e. The standard InChI is InChI=1S/C15H8IO.C15H10I.2ClH.Zr/c16-14-4-5-15-13-8-10(7-12(13)14)9-2-1-3-11(6-9)17-15;16-15-8-4-7-12-9-13(10-14(12)15)11-5-2-1-3-6-11;;;/h1-8H;1-10H;2*1H;/q2*-1;;;+4/p-2. The fourth-order valence-electron chi connectivity index (χ4n) is 4.35. The fourth-order valence-corrected chi connectivity index (χ4v) is 5.65. The first-order valence-electron chi connectivity index (χ1n) is 10.7. The summed E-state index contributed by atoms with van der Waals surface area (Å²) in [6.45, 7) is 0. The Labute approximate surface area is 268 Å². The molecule has 4 bridgehead atoms. The summed E-state index contributed by atoms with van der Waals surface area (Å²) in [7, 11) is 0. The summed E-state index contributed by atoms with van der Waals surface area (Å²) in [4.78, 5) is 0. The van der Waals surface area contributed by atoms with Gasteiger partial charge in [-0.3, -0.25) is 0 Å². The van der Waals surface area contributed by atoms with Gasteiger partial charge in [-0.1, -0.05) is 128 Å². The summed E-state index contributed by atoms with van der Waals surface area (Å²) < 4.78 is 8.52. The third-order valence-corrected chi connectivity index (χ3v) is 7.87. The van der Waals surface area contributed by atoms with Crippen molar-refractivity contribution in [2.45, 2.75) is 0 Å². The number of benzene rings is 4. The Kier molecular flexibility index (Phi) is 10.3. The van der Waals surface area contributed by atoms with Crippen LogP contribution in [0, 0.1) is 7.14 Å². The number of hydrogen-bond donors (Lipinski definition) is 0. The Morgan fingerprint density at radius 2 is 1.33 bits per heavy atom. The molecule has 0 N–H and O–H groups in total. The van der Waals surface area contributed by atoms with Gasteiger partial charge in [-0.25, -0.2) is 0 Å². The van der Waals surface area contributed by atoms with Crippen molar-refractivity contribution < 1.29 is 55.4 Å². The second kappa shape index (κ2) is 12.6. The Balaban J connectivity index is 0.000000185. The van der Waals surface area contributed by atoms with E-state index in [0.29, 0.717) is 0 Å². The van der Waals surface area contributed by atoms with Gasteiger partial charge in [0.05, 0.1) is 5.58 Å². The van der Waals surface area contributed by atoms with E-state index in [0.717, 1.165) is 11.2 Å². The molecule has 176 valence electrons. The van der Waals surface area contributed by atoms with E-state index < -0.39 is 0 Å². The van der Waals surface area contributed by atoms with Crippen molar-refractivity contribution in [2.75, 3.05) is 0 Å². The molecule has 7 rings (SSSR count). The molecule has 0 aliphatic carbocycles. The van der Waals surface area contributed by atoms with Crippen LogP contribution in [0.2, 0.25) is 0 Å². The van der Waals surface area contributed by atoms with Crippen LogP contribution in [0.15, 0.2) is 114 Å². The molecule has 0 aliphatic heterocycles. The topological polar surface area (TPSA) is 13.1 Å². The molecular formula is C30H18Cl2I2OZr. The summed E-state index contributed by atoms with van der Waals surface area (Å²) in [5.74, 6) is 0. The van der Waals surface area contributed by atoms with Gasteiger partial charge in [-0.15, -0.1) is 51.4 Å². The molecule has 0 spiro atoms. The van der Waals surface area contributed by atoms with Crippen LogP contribution in [0.1, 0.15) is 0 Å². The molecule has 0 aliphatic rings. The van der Waals surface area contributed by atoms with Crippen LogP contribution in [0.5, 0.6) is 0 Å². The maximum Gasteiger partial charge on any atom is 4.00 e. The van der Waals surface area contributed by atoms with E-state index in [4.69, 9.17) is 4.42 Å². The minimum Gasteiger partial charge on any atom is -1.00 e. The first kappa shape index (κ1) is 29.4. The maximum atomic E-state index is 5.94. The monoisotopic (exact) mass is 808 g/mol. The van der Waals surface area contributed by atoms with E-state index in [9.17, 15) is 0 Å². The van der Waals surface area contributed by atoms with Crippen LogP contribution in [0.4, 0.5) is 0 Å². The molecule has 0 amide bonds. The molecule has 1 heterocycles. The van der Waals surface area contributed by atoms with Crippen molar-refractivity contribution in [3.05, 3.63) is 116 Å². The van der Waals surface area contributed by atoms with Crippen molar-refractivity contribution >= 4 is 88.7 Å². The maximum absolute atomic E-state index is 5.94. The van der Waals surface area contributed by atoms with Gasteiger partial charge in [0.15, 0.2) is 0 Å². The van der Waals surface area contributed by atoms with Crippen molar-refractivity contribution in [2.24, 2.45) is 0 Å². The molecule has 6 aromatic carbocycles. The van der Waals surface area contributed by atoms with E-state index in [2.05, 4.69) is 136 Å². The van der Waals surface area contributed by atoms with Crippen LogP contribution in [-0.4, -0.2) is 0 Å². The minimum absolute atomic E-state index is 0. The van der Waals surface area contributed by atoms with Crippen molar-refractivity contribution in [3.63, 3.8) is 0 Å². The van der Waals surface area contributed by atoms with Gasteiger partial charge in [0.1, 0.15) is 5.58 Å². The number of fused-ring (bicyclic) bond motifs is 5. The summed E-state index contributed by atoms with van der Waals surface area (Å²) in [5.41, 5.74) is 4.45. The van der Waals surface area contributed by atoms with Crippen LogP contribution < -0.4 is 24.8 Å². The van der Waals surface area contributed by atoms with Gasteiger partial charge >= 0.3 is 26.2 Å². The van der Waals surface area contributed by atoms with E-state index in [1.54, 1.807) is 0 Å².